The van der Waals surface area contributed by atoms with E-state index in [0.717, 1.165) is 42.6 Å². The van der Waals surface area contributed by atoms with Gasteiger partial charge in [0.05, 0.1) is 0 Å². The number of aromatic nitrogens is 1. The molecule has 0 spiro atoms. The van der Waals surface area contributed by atoms with Crippen molar-refractivity contribution in [1.82, 2.24) is 15.6 Å². The topological polar surface area (TPSA) is 70.4 Å². The molecule has 140 valence electrons. The molecule has 2 heterocycles. The zero-order chi connectivity index (χ0) is 18.5. The summed E-state index contributed by atoms with van der Waals surface area (Å²) in [4.78, 5) is 18.7. The van der Waals surface area contributed by atoms with E-state index in [1.807, 2.05) is 54.6 Å². The van der Waals surface area contributed by atoms with Crippen LogP contribution >= 0.6 is 0 Å². The second kappa shape index (κ2) is 8.12. The van der Waals surface area contributed by atoms with Crippen molar-refractivity contribution in [3.63, 3.8) is 0 Å². The third kappa shape index (κ3) is 4.39. The number of benzene rings is 2. The summed E-state index contributed by atoms with van der Waals surface area (Å²) >= 11 is 0. The quantitative estimate of drug-likeness (QED) is 0.726. The average molecular weight is 364 g/mol. The molecule has 2 N–H and O–H groups in total. The molecular formula is C21H24N4O2. The van der Waals surface area contributed by atoms with Gasteiger partial charge in [0.1, 0.15) is 5.52 Å². The van der Waals surface area contributed by atoms with Gasteiger partial charge in [-0.15, -0.1) is 0 Å². The number of rotatable bonds is 5. The van der Waals surface area contributed by atoms with Gasteiger partial charge in [-0.2, -0.15) is 4.98 Å². The van der Waals surface area contributed by atoms with Crippen LogP contribution in [-0.4, -0.2) is 30.6 Å². The summed E-state index contributed by atoms with van der Waals surface area (Å²) in [5.74, 6) is 0.480. The highest BCUT2D eigenvalue weighted by atomic mass is 16.4. The van der Waals surface area contributed by atoms with E-state index in [9.17, 15) is 4.79 Å². The molecule has 2 aromatic carbocycles. The first-order valence-electron chi connectivity index (χ1n) is 9.44. The summed E-state index contributed by atoms with van der Waals surface area (Å²) in [6.45, 7) is 3.03. The molecule has 6 heteroatoms. The third-order valence-electron chi connectivity index (χ3n) is 5.01. The molecule has 0 bridgehead atoms. The van der Waals surface area contributed by atoms with Gasteiger partial charge in [-0.25, -0.2) is 4.79 Å². The first-order valence-corrected chi connectivity index (χ1v) is 9.44. The third-order valence-corrected chi connectivity index (χ3v) is 5.01. The summed E-state index contributed by atoms with van der Waals surface area (Å²) < 4.78 is 5.85. The number of amides is 2. The number of oxazole rings is 1. The Bertz CT molecular complexity index is 852. The fraction of sp³-hybridized carbons (Fsp3) is 0.333. The Morgan fingerprint density at radius 2 is 1.78 bits per heavy atom. The molecule has 3 aromatic rings. The summed E-state index contributed by atoms with van der Waals surface area (Å²) in [5, 5.41) is 5.89. The number of carbonyl (C=O) groups excluding carboxylic acids is 1. The maximum absolute atomic E-state index is 12.0. The summed E-state index contributed by atoms with van der Waals surface area (Å²) in [5.41, 5.74) is 2.82. The number of nitrogens with zero attached hydrogens (tertiary/aromatic N) is 2. The molecule has 6 nitrogen and oxygen atoms in total. The van der Waals surface area contributed by atoms with Crippen molar-refractivity contribution in [3.8, 4) is 0 Å². The van der Waals surface area contributed by atoms with Crippen LogP contribution in [0.25, 0.3) is 11.1 Å². The number of hydrogen-bond acceptors (Lipinski definition) is 4. The highest BCUT2D eigenvalue weighted by molar-refractivity contribution is 5.74. The predicted molar refractivity (Wildman–Crippen MR) is 106 cm³/mol. The van der Waals surface area contributed by atoms with Gasteiger partial charge in [0.15, 0.2) is 5.58 Å². The van der Waals surface area contributed by atoms with E-state index in [1.165, 1.54) is 0 Å². The minimum absolute atomic E-state index is 0.111. The highest BCUT2D eigenvalue weighted by Gasteiger charge is 2.23. The Morgan fingerprint density at radius 1 is 1.04 bits per heavy atom. The van der Waals surface area contributed by atoms with Gasteiger partial charge in [0.25, 0.3) is 6.01 Å². The number of anilines is 1. The monoisotopic (exact) mass is 364 g/mol. The smallest absolute Gasteiger partial charge is 0.315 e. The predicted octanol–water partition coefficient (Wildman–Crippen LogP) is 3.54. The van der Waals surface area contributed by atoms with Crippen LogP contribution in [0.3, 0.4) is 0 Å². The molecule has 2 amide bonds. The lowest BCUT2D eigenvalue weighted by molar-refractivity contribution is 0.237. The normalized spacial score (nSPS) is 15.0. The molecule has 0 atom stereocenters. The molecule has 1 aliphatic rings. The van der Waals surface area contributed by atoms with Gasteiger partial charge in [-0.05, 0) is 36.5 Å². The van der Waals surface area contributed by atoms with E-state index < -0.39 is 0 Å². The van der Waals surface area contributed by atoms with Crippen LogP contribution in [0, 0.1) is 5.92 Å². The molecule has 1 aromatic heterocycles. The zero-order valence-corrected chi connectivity index (χ0v) is 15.2. The number of carbonyl (C=O) groups is 1. The second-order valence-electron chi connectivity index (χ2n) is 6.94. The van der Waals surface area contributed by atoms with Gasteiger partial charge in [0, 0.05) is 26.2 Å². The molecule has 1 aliphatic heterocycles. The van der Waals surface area contributed by atoms with Gasteiger partial charge >= 0.3 is 6.03 Å². The molecule has 0 unspecified atom stereocenters. The summed E-state index contributed by atoms with van der Waals surface area (Å²) in [7, 11) is 0. The maximum Gasteiger partial charge on any atom is 0.315 e. The van der Waals surface area contributed by atoms with Crippen LogP contribution in [0.2, 0.25) is 0 Å². The fourth-order valence-electron chi connectivity index (χ4n) is 3.40. The number of para-hydroxylation sites is 2. The van der Waals surface area contributed by atoms with Gasteiger partial charge < -0.3 is 20.0 Å². The van der Waals surface area contributed by atoms with Crippen molar-refractivity contribution in [1.29, 1.82) is 0 Å². The molecule has 0 radical (unpaired) electrons. The molecule has 27 heavy (non-hydrogen) atoms. The average Bonchev–Trinajstić information content (AvgIpc) is 3.16. The molecule has 0 aliphatic carbocycles. The van der Waals surface area contributed by atoms with E-state index in [0.29, 0.717) is 25.0 Å². The zero-order valence-electron chi connectivity index (χ0n) is 15.2. The Hall–Kier alpha value is -3.02. The Kier molecular flexibility index (Phi) is 5.23. The van der Waals surface area contributed by atoms with E-state index in [1.54, 1.807) is 0 Å². The number of hydrogen-bond donors (Lipinski definition) is 2. The SMILES string of the molecule is O=C(NCc1ccccc1)NCC1CCN(c2nc3ccccc3o2)CC1. The first-order chi connectivity index (χ1) is 13.3. The van der Waals surface area contributed by atoms with Crippen LogP contribution in [0.5, 0.6) is 0 Å². The summed E-state index contributed by atoms with van der Waals surface area (Å²) in [6, 6.07) is 18.3. The number of piperidine rings is 1. The van der Waals surface area contributed by atoms with Crippen LogP contribution in [-0.2, 0) is 6.54 Å². The van der Waals surface area contributed by atoms with Crippen LogP contribution < -0.4 is 15.5 Å². The largest absolute Gasteiger partial charge is 0.423 e. The van der Waals surface area contributed by atoms with Crippen molar-refractivity contribution in [2.24, 2.45) is 5.92 Å². The lowest BCUT2D eigenvalue weighted by Crippen LogP contribution is -2.41. The molecular weight excluding hydrogens is 340 g/mol. The Balaban J connectivity index is 1.20. The van der Waals surface area contributed by atoms with Crippen LogP contribution in [0.15, 0.2) is 59.0 Å². The van der Waals surface area contributed by atoms with Gasteiger partial charge in [-0.3, -0.25) is 0 Å². The van der Waals surface area contributed by atoms with E-state index >= 15 is 0 Å². The standard InChI is InChI=1S/C21H24N4O2/c26-20(22-14-16-6-2-1-3-7-16)23-15-17-10-12-25(13-11-17)21-24-18-8-4-5-9-19(18)27-21/h1-9,17H,10-15H2,(H2,22,23,26). The van der Waals surface area contributed by atoms with Crippen molar-refractivity contribution in [2.75, 3.05) is 24.5 Å². The van der Waals surface area contributed by atoms with E-state index in [2.05, 4.69) is 20.5 Å². The fourth-order valence-corrected chi connectivity index (χ4v) is 3.40. The maximum atomic E-state index is 12.0. The van der Waals surface area contributed by atoms with Crippen molar-refractivity contribution in [2.45, 2.75) is 19.4 Å². The lowest BCUT2D eigenvalue weighted by Gasteiger charge is -2.30. The number of fused-ring (bicyclic) bond motifs is 1. The number of nitrogens with one attached hydrogen (secondary N) is 2. The van der Waals surface area contributed by atoms with Gasteiger partial charge in [0.2, 0.25) is 0 Å². The van der Waals surface area contributed by atoms with E-state index in [4.69, 9.17) is 4.42 Å². The first kappa shape index (κ1) is 17.4. The van der Waals surface area contributed by atoms with Crippen molar-refractivity contribution in [3.05, 3.63) is 60.2 Å². The van der Waals surface area contributed by atoms with Crippen LogP contribution in [0.4, 0.5) is 10.8 Å². The minimum atomic E-state index is -0.111. The molecule has 0 saturated carbocycles. The molecule has 1 saturated heterocycles. The summed E-state index contributed by atoms with van der Waals surface area (Å²) in [6.07, 6.45) is 2.02. The van der Waals surface area contributed by atoms with Crippen molar-refractivity contribution >= 4 is 23.1 Å². The van der Waals surface area contributed by atoms with Crippen molar-refractivity contribution < 1.29 is 9.21 Å². The number of urea groups is 1. The highest BCUT2D eigenvalue weighted by Crippen LogP contribution is 2.26. The molecule has 4 rings (SSSR count). The Labute approximate surface area is 158 Å². The minimum Gasteiger partial charge on any atom is -0.423 e. The van der Waals surface area contributed by atoms with Gasteiger partial charge in [-0.1, -0.05) is 42.5 Å². The van der Waals surface area contributed by atoms with Crippen LogP contribution in [0.1, 0.15) is 18.4 Å². The Morgan fingerprint density at radius 3 is 2.56 bits per heavy atom. The van der Waals surface area contributed by atoms with E-state index in [-0.39, 0.29) is 6.03 Å². The molecule has 1 fully saturated rings. The second-order valence-corrected chi connectivity index (χ2v) is 6.94. The lowest BCUT2D eigenvalue weighted by atomic mass is 9.97.